The lowest BCUT2D eigenvalue weighted by atomic mass is 9.97. The Balaban J connectivity index is 1.58. The van der Waals surface area contributed by atoms with E-state index in [1.165, 1.54) is 31.3 Å². The highest BCUT2D eigenvalue weighted by atomic mass is 16.2. The summed E-state index contributed by atoms with van der Waals surface area (Å²) in [6, 6.07) is 1.74. The molecule has 1 aromatic rings. The molecule has 3 rings (SSSR count). The Kier molecular flexibility index (Phi) is 6.42. The number of nitrogens with zero attached hydrogens (tertiary/aromatic N) is 4. The van der Waals surface area contributed by atoms with Crippen molar-refractivity contribution in [1.82, 2.24) is 19.8 Å². The van der Waals surface area contributed by atoms with E-state index in [1.54, 1.807) is 29.7 Å². The fraction of sp³-hybridized carbons (Fsp3) is 0.600. The number of piperazine rings is 1. The number of aryl methyl sites for hydroxylation is 1. The van der Waals surface area contributed by atoms with Gasteiger partial charge in [0, 0.05) is 45.7 Å². The quantitative estimate of drug-likeness (QED) is 0.804. The molecule has 0 bridgehead atoms. The first kappa shape index (κ1) is 19.3. The summed E-state index contributed by atoms with van der Waals surface area (Å²) in [6.07, 6.45) is 8.34. The van der Waals surface area contributed by atoms with Gasteiger partial charge in [0.05, 0.1) is 0 Å². The van der Waals surface area contributed by atoms with E-state index in [2.05, 4.69) is 21.4 Å². The first-order valence-electron chi connectivity index (χ1n) is 9.85. The molecule has 0 spiro atoms. The van der Waals surface area contributed by atoms with E-state index in [0.717, 1.165) is 13.0 Å². The number of amides is 2. The highest BCUT2D eigenvalue weighted by Crippen LogP contribution is 2.20. The van der Waals surface area contributed by atoms with E-state index in [-0.39, 0.29) is 11.8 Å². The molecular weight excluding hydrogens is 342 g/mol. The van der Waals surface area contributed by atoms with Crippen LogP contribution in [0.1, 0.15) is 55.3 Å². The van der Waals surface area contributed by atoms with Gasteiger partial charge in [0.2, 0.25) is 5.91 Å². The minimum Gasteiger partial charge on any atom is -0.370 e. The molecule has 1 aromatic heterocycles. The van der Waals surface area contributed by atoms with Crippen LogP contribution in [0.5, 0.6) is 0 Å². The van der Waals surface area contributed by atoms with Gasteiger partial charge in [-0.25, -0.2) is 9.97 Å². The molecule has 0 aromatic carbocycles. The molecule has 0 atom stereocenters. The van der Waals surface area contributed by atoms with Crippen molar-refractivity contribution in [2.45, 2.75) is 46.0 Å². The Hall–Kier alpha value is -2.44. The maximum absolute atomic E-state index is 12.8. The van der Waals surface area contributed by atoms with Crippen LogP contribution >= 0.6 is 0 Å². The van der Waals surface area contributed by atoms with Crippen LogP contribution in [-0.2, 0) is 4.79 Å². The number of anilines is 1. The van der Waals surface area contributed by atoms with Gasteiger partial charge in [-0.15, -0.1) is 0 Å². The van der Waals surface area contributed by atoms with Crippen molar-refractivity contribution < 1.29 is 9.59 Å². The van der Waals surface area contributed by atoms with Gasteiger partial charge in [-0.05, 0) is 39.0 Å². The van der Waals surface area contributed by atoms with Crippen LogP contribution in [0.15, 0.2) is 17.7 Å². The zero-order chi connectivity index (χ0) is 19.2. The summed E-state index contributed by atoms with van der Waals surface area (Å²) in [5, 5.41) is 3.34. The topological polar surface area (TPSA) is 78.4 Å². The third-order valence-corrected chi connectivity index (χ3v) is 5.21. The lowest BCUT2D eigenvalue weighted by Gasteiger charge is -2.34. The van der Waals surface area contributed by atoms with Crippen LogP contribution in [0, 0.1) is 6.92 Å². The summed E-state index contributed by atoms with van der Waals surface area (Å²) < 4.78 is 0. The Morgan fingerprint density at radius 2 is 1.85 bits per heavy atom. The van der Waals surface area contributed by atoms with Crippen LogP contribution in [-0.4, -0.2) is 64.3 Å². The first-order valence-corrected chi connectivity index (χ1v) is 9.85. The Morgan fingerprint density at radius 3 is 2.52 bits per heavy atom. The maximum Gasteiger partial charge on any atom is 0.272 e. The van der Waals surface area contributed by atoms with E-state index in [1.807, 2.05) is 0 Å². The highest BCUT2D eigenvalue weighted by Gasteiger charge is 2.24. The molecule has 0 radical (unpaired) electrons. The zero-order valence-electron chi connectivity index (χ0n) is 16.3. The van der Waals surface area contributed by atoms with E-state index in [9.17, 15) is 9.59 Å². The normalized spacial score (nSPS) is 17.5. The molecular formula is C20H29N5O2. The SMILES string of the molecule is CC(=O)N1CCN(C(=O)c2cc(NCCC3=CCCCC3)nc(C)n2)CC1. The summed E-state index contributed by atoms with van der Waals surface area (Å²) in [4.78, 5) is 36.5. The highest BCUT2D eigenvalue weighted by molar-refractivity contribution is 5.93. The van der Waals surface area contributed by atoms with E-state index in [4.69, 9.17) is 0 Å². The number of carbonyl (C=O) groups excluding carboxylic acids is 2. The molecule has 0 saturated carbocycles. The minimum atomic E-state index is -0.0956. The van der Waals surface area contributed by atoms with E-state index < -0.39 is 0 Å². The summed E-state index contributed by atoms with van der Waals surface area (Å²) >= 11 is 0. The van der Waals surface area contributed by atoms with Gasteiger partial charge in [-0.1, -0.05) is 11.6 Å². The fourth-order valence-electron chi connectivity index (χ4n) is 3.64. The van der Waals surface area contributed by atoms with Crippen molar-refractivity contribution in [3.8, 4) is 0 Å². The molecule has 1 N–H and O–H groups in total. The second kappa shape index (κ2) is 8.97. The molecule has 0 unspecified atom stereocenters. The molecule has 27 heavy (non-hydrogen) atoms. The van der Waals surface area contributed by atoms with Gasteiger partial charge in [-0.3, -0.25) is 9.59 Å². The van der Waals surface area contributed by atoms with Crippen LogP contribution in [0.2, 0.25) is 0 Å². The minimum absolute atomic E-state index is 0.0551. The fourth-order valence-corrected chi connectivity index (χ4v) is 3.64. The molecule has 1 aliphatic carbocycles. The average molecular weight is 371 g/mol. The van der Waals surface area contributed by atoms with Crippen molar-refractivity contribution in [3.05, 3.63) is 29.2 Å². The number of allylic oxidation sites excluding steroid dienone is 1. The third-order valence-electron chi connectivity index (χ3n) is 5.21. The Bertz CT molecular complexity index is 723. The molecule has 1 aliphatic heterocycles. The number of carbonyl (C=O) groups is 2. The third kappa shape index (κ3) is 5.28. The standard InChI is InChI=1S/C20H29N5O2/c1-15-22-18(20(27)25-12-10-24(11-13-25)16(2)26)14-19(23-15)21-9-8-17-6-4-3-5-7-17/h6,14H,3-5,7-13H2,1-2H3,(H,21,22,23). The van der Waals surface area contributed by atoms with E-state index in [0.29, 0.717) is 43.5 Å². The van der Waals surface area contributed by atoms with Gasteiger partial charge in [-0.2, -0.15) is 0 Å². The number of hydrogen-bond donors (Lipinski definition) is 1. The van der Waals surface area contributed by atoms with Gasteiger partial charge < -0.3 is 15.1 Å². The Morgan fingerprint density at radius 1 is 1.11 bits per heavy atom. The maximum atomic E-state index is 12.8. The monoisotopic (exact) mass is 371 g/mol. The first-order chi connectivity index (χ1) is 13.0. The van der Waals surface area contributed by atoms with Gasteiger partial charge in [0.1, 0.15) is 17.3 Å². The lowest BCUT2D eigenvalue weighted by molar-refractivity contribution is -0.130. The van der Waals surface area contributed by atoms with Gasteiger partial charge in [0.15, 0.2) is 0 Å². The van der Waals surface area contributed by atoms with Gasteiger partial charge >= 0.3 is 0 Å². The number of hydrogen-bond acceptors (Lipinski definition) is 5. The van der Waals surface area contributed by atoms with Crippen LogP contribution in [0.4, 0.5) is 5.82 Å². The van der Waals surface area contributed by atoms with Crippen molar-refractivity contribution in [2.24, 2.45) is 0 Å². The van der Waals surface area contributed by atoms with E-state index >= 15 is 0 Å². The van der Waals surface area contributed by atoms with Gasteiger partial charge in [0.25, 0.3) is 5.91 Å². The lowest BCUT2D eigenvalue weighted by Crippen LogP contribution is -2.50. The number of aromatic nitrogens is 2. The number of nitrogens with one attached hydrogen (secondary N) is 1. The predicted octanol–water partition coefficient (Wildman–Crippen LogP) is 2.39. The second-order valence-corrected chi connectivity index (χ2v) is 7.27. The molecule has 2 amide bonds. The van der Waals surface area contributed by atoms with Crippen molar-refractivity contribution in [3.63, 3.8) is 0 Å². The Labute approximate surface area is 160 Å². The summed E-state index contributed by atoms with van der Waals surface area (Å²) in [5.41, 5.74) is 1.93. The molecule has 1 fully saturated rings. The largest absolute Gasteiger partial charge is 0.370 e. The van der Waals surface area contributed by atoms with Crippen molar-refractivity contribution >= 4 is 17.6 Å². The second-order valence-electron chi connectivity index (χ2n) is 7.27. The summed E-state index contributed by atoms with van der Waals surface area (Å²) in [7, 11) is 0. The molecule has 2 aliphatic rings. The van der Waals surface area contributed by atoms with Crippen LogP contribution in [0.25, 0.3) is 0 Å². The smallest absolute Gasteiger partial charge is 0.272 e. The number of rotatable bonds is 5. The van der Waals surface area contributed by atoms with Crippen molar-refractivity contribution in [2.75, 3.05) is 38.0 Å². The summed E-state index contributed by atoms with van der Waals surface area (Å²) in [6.45, 7) is 6.41. The van der Waals surface area contributed by atoms with Crippen LogP contribution in [0.3, 0.4) is 0 Å². The molecule has 7 nitrogen and oxygen atoms in total. The predicted molar refractivity (Wildman–Crippen MR) is 105 cm³/mol. The summed E-state index contributed by atoms with van der Waals surface area (Å²) in [5.74, 6) is 1.24. The van der Waals surface area contributed by atoms with Crippen LogP contribution < -0.4 is 5.32 Å². The average Bonchev–Trinajstić information content (AvgIpc) is 2.68. The van der Waals surface area contributed by atoms with Crippen molar-refractivity contribution in [1.29, 1.82) is 0 Å². The molecule has 146 valence electrons. The molecule has 2 heterocycles. The molecule has 7 heteroatoms. The zero-order valence-corrected chi connectivity index (χ0v) is 16.3. The molecule has 1 saturated heterocycles.